The Labute approximate surface area is 175 Å². The van der Waals surface area contributed by atoms with Crippen molar-refractivity contribution in [2.75, 3.05) is 29.1 Å². The third-order valence-electron chi connectivity index (χ3n) is 4.28. The second-order valence-corrected chi connectivity index (χ2v) is 8.21. The van der Waals surface area contributed by atoms with E-state index in [1.165, 1.54) is 12.1 Å². The van der Waals surface area contributed by atoms with Crippen molar-refractivity contribution in [2.24, 2.45) is 0 Å². The van der Waals surface area contributed by atoms with Crippen LogP contribution < -0.4 is 20.1 Å². The number of hydrogen-bond donors (Lipinski definition) is 3. The van der Waals surface area contributed by atoms with E-state index in [1.54, 1.807) is 19.1 Å². The van der Waals surface area contributed by atoms with Gasteiger partial charge in [-0.1, -0.05) is 6.07 Å². The van der Waals surface area contributed by atoms with Crippen LogP contribution in [0.15, 0.2) is 41.3 Å². The number of nitrogens with one attached hydrogen (secondary N) is 3. The van der Waals surface area contributed by atoms with E-state index < -0.39 is 15.9 Å². The lowest BCUT2D eigenvalue weighted by molar-refractivity contribution is -0.113. The first-order valence-corrected chi connectivity index (χ1v) is 10.9. The third-order valence-corrected chi connectivity index (χ3v) is 5.93. The number of benzene rings is 2. The highest BCUT2D eigenvalue weighted by molar-refractivity contribution is 7.92. The van der Waals surface area contributed by atoms with Gasteiger partial charge in [0.2, 0.25) is 5.91 Å². The predicted molar refractivity (Wildman–Crippen MR) is 113 cm³/mol. The largest absolute Gasteiger partial charge is 0.492 e. The summed E-state index contributed by atoms with van der Waals surface area (Å²) < 4.78 is 34.1. The molecule has 1 heterocycles. The molecule has 3 rings (SSSR count). The first-order chi connectivity index (χ1) is 13.4. The van der Waals surface area contributed by atoms with Crippen molar-refractivity contribution in [1.29, 1.82) is 0 Å². The van der Waals surface area contributed by atoms with E-state index in [0.717, 1.165) is 30.6 Å². The quantitative estimate of drug-likeness (QED) is 0.565. The Kier molecular flexibility index (Phi) is 7.86. The summed E-state index contributed by atoms with van der Waals surface area (Å²) in [4.78, 5) is 11.5. The average molecular weight is 442 g/mol. The third kappa shape index (κ3) is 5.60. The molecule has 8 nitrogen and oxygen atoms in total. The fourth-order valence-corrected chi connectivity index (χ4v) is 4.30. The Balaban J connectivity index is 0.00000300. The van der Waals surface area contributed by atoms with Crippen molar-refractivity contribution in [2.45, 2.75) is 24.8 Å². The van der Waals surface area contributed by atoms with Gasteiger partial charge in [-0.3, -0.25) is 9.52 Å². The van der Waals surface area contributed by atoms with Crippen LogP contribution in [0, 0.1) is 0 Å². The zero-order valence-corrected chi connectivity index (χ0v) is 17.5. The van der Waals surface area contributed by atoms with Crippen molar-refractivity contribution < 1.29 is 23.4 Å². The van der Waals surface area contributed by atoms with Gasteiger partial charge in [-0.05, 0) is 61.3 Å². The highest BCUT2D eigenvalue weighted by Gasteiger charge is 2.22. The van der Waals surface area contributed by atoms with Crippen LogP contribution in [0.2, 0.25) is 0 Å². The molecule has 0 unspecified atom stereocenters. The molecule has 2 aromatic rings. The van der Waals surface area contributed by atoms with Crippen LogP contribution in [0.4, 0.5) is 11.4 Å². The first kappa shape index (κ1) is 23.0. The van der Waals surface area contributed by atoms with Gasteiger partial charge in [-0.2, -0.15) is 0 Å². The molecule has 10 heteroatoms. The summed E-state index contributed by atoms with van der Waals surface area (Å²) in [6.07, 6.45) is 0.842. The second-order valence-electron chi connectivity index (χ2n) is 6.29. The van der Waals surface area contributed by atoms with Gasteiger partial charge in [0.05, 0.1) is 6.61 Å². The number of anilines is 2. The molecule has 29 heavy (non-hydrogen) atoms. The molecular formula is C19H24ClN3O5S. The number of carbonyl (C=O) groups excluding carboxylic acids is 1. The smallest absolute Gasteiger partial charge is 0.265 e. The maximum Gasteiger partial charge on any atom is 0.265 e. The Morgan fingerprint density at radius 3 is 2.66 bits per heavy atom. The summed E-state index contributed by atoms with van der Waals surface area (Å²) in [5.74, 6) is -0.441. The summed E-state index contributed by atoms with van der Waals surface area (Å²) in [7, 11) is -3.93. The Morgan fingerprint density at radius 1 is 1.17 bits per heavy atom. The molecule has 0 saturated heterocycles. The van der Waals surface area contributed by atoms with Gasteiger partial charge in [-0.15, -0.1) is 11.6 Å². The second kappa shape index (κ2) is 9.93. The monoisotopic (exact) mass is 441 g/mol. The summed E-state index contributed by atoms with van der Waals surface area (Å²) in [6.45, 7) is 3.71. The molecule has 0 atom stereocenters. The van der Waals surface area contributed by atoms with E-state index in [1.807, 2.05) is 12.1 Å². The molecule has 1 aliphatic heterocycles. The maximum atomic E-state index is 13.0. The van der Waals surface area contributed by atoms with Crippen molar-refractivity contribution in [3.63, 3.8) is 0 Å². The van der Waals surface area contributed by atoms with Crippen molar-refractivity contribution >= 4 is 38.9 Å². The number of halogens is 1. The Bertz CT molecular complexity index is 982. The normalized spacial score (nSPS) is 13.0. The zero-order chi connectivity index (χ0) is 20.1. The van der Waals surface area contributed by atoms with Crippen molar-refractivity contribution in [3.8, 4) is 5.75 Å². The number of alkyl halides is 1. The van der Waals surface area contributed by atoms with Crippen molar-refractivity contribution in [1.82, 2.24) is 5.32 Å². The Hall–Kier alpha value is -2.33. The average Bonchev–Trinajstić information content (AvgIpc) is 2.68. The molecular weight excluding hydrogens is 418 g/mol. The minimum Gasteiger partial charge on any atom is -0.492 e. The minimum absolute atomic E-state index is 0. The van der Waals surface area contributed by atoms with E-state index >= 15 is 0 Å². The number of sulfonamides is 1. The van der Waals surface area contributed by atoms with Gasteiger partial charge >= 0.3 is 0 Å². The van der Waals surface area contributed by atoms with Crippen LogP contribution in [-0.4, -0.2) is 38.8 Å². The van der Waals surface area contributed by atoms with E-state index in [0.29, 0.717) is 18.0 Å². The number of hydrogen-bond acceptors (Lipinski definition) is 5. The summed E-state index contributed by atoms with van der Waals surface area (Å²) in [5, 5.41) is 5.84. The van der Waals surface area contributed by atoms with Crippen LogP contribution in [0.5, 0.6) is 5.75 Å². The van der Waals surface area contributed by atoms with Crippen molar-refractivity contribution in [3.05, 3.63) is 47.5 Å². The first-order valence-electron chi connectivity index (χ1n) is 8.91. The zero-order valence-electron chi connectivity index (χ0n) is 15.9. The van der Waals surface area contributed by atoms with Crippen LogP contribution in [0.3, 0.4) is 0 Å². The molecule has 0 bridgehead atoms. The molecule has 0 aliphatic carbocycles. The fourth-order valence-electron chi connectivity index (χ4n) is 3.02. The molecule has 2 aromatic carbocycles. The predicted octanol–water partition coefficient (Wildman–Crippen LogP) is 1.88. The number of fused-ring (bicyclic) bond motifs is 1. The van der Waals surface area contributed by atoms with Gasteiger partial charge in [0.15, 0.2) is 0 Å². The SMILES string of the molecule is CCOc1ccc(NC(=O)CCl)cc1S(=O)(=O)Nc1ccc2c(c1)CCNC2.O. The Morgan fingerprint density at radius 2 is 1.93 bits per heavy atom. The lowest BCUT2D eigenvalue weighted by atomic mass is 10.0. The van der Waals surface area contributed by atoms with Crippen LogP contribution in [0.1, 0.15) is 18.1 Å². The molecule has 0 spiro atoms. The molecule has 1 aliphatic rings. The van der Waals surface area contributed by atoms with Gasteiger partial charge < -0.3 is 20.8 Å². The number of carbonyl (C=O) groups is 1. The highest BCUT2D eigenvalue weighted by atomic mass is 35.5. The fraction of sp³-hybridized carbons (Fsp3) is 0.316. The van der Waals surface area contributed by atoms with Gasteiger partial charge in [0, 0.05) is 17.9 Å². The molecule has 0 fully saturated rings. The summed E-state index contributed by atoms with van der Waals surface area (Å²) in [6, 6.07) is 9.96. The molecule has 1 amide bonds. The van der Waals surface area contributed by atoms with E-state index in [-0.39, 0.29) is 22.0 Å². The number of rotatable bonds is 7. The topological polar surface area (TPSA) is 128 Å². The molecule has 5 N–H and O–H groups in total. The summed E-state index contributed by atoms with van der Waals surface area (Å²) in [5.41, 5.74) is 3.09. The van der Waals surface area contributed by atoms with Crippen LogP contribution >= 0.6 is 11.6 Å². The standard InChI is InChI=1S/C19H22ClN3O4S.H2O/c1-2-27-17-6-5-15(22-19(24)11-20)10-18(17)28(25,26)23-16-4-3-14-12-21-8-7-13(14)9-16;/h3-6,9-10,21,23H,2,7-8,11-12H2,1H3,(H,22,24);1H2. The molecule has 0 saturated carbocycles. The van der Waals surface area contributed by atoms with Gasteiger partial charge in [-0.25, -0.2) is 8.42 Å². The highest BCUT2D eigenvalue weighted by Crippen LogP contribution is 2.30. The van der Waals surface area contributed by atoms with E-state index in [2.05, 4.69) is 15.4 Å². The minimum atomic E-state index is -3.93. The summed E-state index contributed by atoms with van der Waals surface area (Å²) >= 11 is 5.51. The van der Waals surface area contributed by atoms with Crippen LogP contribution in [-0.2, 0) is 27.8 Å². The maximum absolute atomic E-state index is 13.0. The molecule has 158 valence electrons. The van der Waals surface area contributed by atoms with Gasteiger partial charge in [0.1, 0.15) is 16.5 Å². The lowest BCUT2D eigenvalue weighted by Crippen LogP contribution is -2.23. The lowest BCUT2D eigenvalue weighted by Gasteiger charge is -2.19. The number of amides is 1. The molecule has 0 radical (unpaired) electrons. The van der Waals surface area contributed by atoms with E-state index in [4.69, 9.17) is 16.3 Å². The van der Waals surface area contributed by atoms with E-state index in [9.17, 15) is 13.2 Å². The molecule has 0 aromatic heterocycles. The van der Waals surface area contributed by atoms with Gasteiger partial charge in [0.25, 0.3) is 10.0 Å². The number of ether oxygens (including phenoxy) is 1. The van der Waals surface area contributed by atoms with Crippen LogP contribution in [0.25, 0.3) is 0 Å².